The number of hydrogen-bond donors (Lipinski definition) is 0. The van der Waals surface area contributed by atoms with Crippen molar-refractivity contribution in [1.82, 2.24) is 9.47 Å². The molecule has 0 amide bonds. The molecule has 5 rings (SSSR count). The lowest BCUT2D eigenvalue weighted by molar-refractivity contribution is 0.0964. The van der Waals surface area contributed by atoms with E-state index in [-0.39, 0.29) is 18.5 Å². The molecule has 0 radical (unpaired) electrons. The summed E-state index contributed by atoms with van der Waals surface area (Å²) in [5.74, 6) is 0.699. The molecule has 28 heavy (non-hydrogen) atoms. The van der Waals surface area contributed by atoms with E-state index in [0.29, 0.717) is 22.6 Å². The Morgan fingerprint density at radius 2 is 1.96 bits per heavy atom. The fourth-order valence-corrected chi connectivity index (χ4v) is 3.81. The summed E-state index contributed by atoms with van der Waals surface area (Å²) in [6, 6.07) is 9.70. The van der Waals surface area contributed by atoms with Crippen LogP contribution in [-0.2, 0) is 0 Å². The van der Waals surface area contributed by atoms with Crippen LogP contribution in [0.15, 0.2) is 48.7 Å². The number of carbonyl (C=O) groups is 1. The normalized spacial score (nSPS) is 16.4. The van der Waals surface area contributed by atoms with Gasteiger partial charge in [0.25, 0.3) is 5.91 Å². The molecule has 2 aromatic carbocycles. The molecule has 0 atom stereocenters. The van der Waals surface area contributed by atoms with Gasteiger partial charge in [-0.1, -0.05) is 6.08 Å². The van der Waals surface area contributed by atoms with Gasteiger partial charge in [0.05, 0.1) is 5.52 Å². The summed E-state index contributed by atoms with van der Waals surface area (Å²) in [5, 5.41) is 0.755. The average Bonchev–Trinajstić information content (AvgIpc) is 3.32. The van der Waals surface area contributed by atoms with Crippen molar-refractivity contribution in [2.24, 2.45) is 0 Å². The Hall–Kier alpha value is -3.12. The van der Waals surface area contributed by atoms with E-state index in [9.17, 15) is 9.18 Å². The van der Waals surface area contributed by atoms with Gasteiger partial charge in [-0.3, -0.25) is 9.36 Å². The van der Waals surface area contributed by atoms with Crippen LogP contribution in [0.1, 0.15) is 22.3 Å². The van der Waals surface area contributed by atoms with Crippen LogP contribution in [0.4, 0.5) is 4.39 Å². The molecule has 0 bridgehead atoms. The Labute approximate surface area is 161 Å². The monoisotopic (exact) mass is 378 g/mol. The molecular formula is C22H19FN2O3. The van der Waals surface area contributed by atoms with Crippen LogP contribution in [-0.4, -0.2) is 42.3 Å². The van der Waals surface area contributed by atoms with Crippen LogP contribution >= 0.6 is 0 Å². The number of likely N-dealkylation sites (N-methyl/N-ethyl adjacent to an activating group) is 1. The number of rotatable bonds is 2. The van der Waals surface area contributed by atoms with Crippen LogP contribution in [0, 0.1) is 5.82 Å². The summed E-state index contributed by atoms with van der Waals surface area (Å²) in [4.78, 5) is 15.5. The van der Waals surface area contributed by atoms with Crippen molar-refractivity contribution >= 4 is 22.4 Å². The smallest absolute Gasteiger partial charge is 0.262 e. The second-order valence-corrected chi connectivity index (χ2v) is 7.19. The predicted molar refractivity (Wildman–Crippen MR) is 104 cm³/mol. The Balaban J connectivity index is 1.62. The molecule has 0 spiro atoms. The molecule has 1 aromatic heterocycles. The van der Waals surface area contributed by atoms with Gasteiger partial charge in [-0.05, 0) is 55.4 Å². The van der Waals surface area contributed by atoms with E-state index in [1.54, 1.807) is 28.8 Å². The first-order valence-electron chi connectivity index (χ1n) is 9.23. The number of fused-ring (bicyclic) bond motifs is 2. The number of hydrogen-bond acceptors (Lipinski definition) is 4. The predicted octanol–water partition coefficient (Wildman–Crippen LogP) is 3.92. The van der Waals surface area contributed by atoms with Crippen molar-refractivity contribution in [1.29, 1.82) is 0 Å². The lowest BCUT2D eigenvalue weighted by atomic mass is 9.99. The largest absolute Gasteiger partial charge is 0.454 e. The third-order valence-electron chi connectivity index (χ3n) is 5.36. The van der Waals surface area contributed by atoms with Gasteiger partial charge in [0.2, 0.25) is 6.79 Å². The van der Waals surface area contributed by atoms with Gasteiger partial charge >= 0.3 is 0 Å². The van der Waals surface area contributed by atoms with Gasteiger partial charge in [0, 0.05) is 35.8 Å². The number of ether oxygens (including phenoxy) is 2. The van der Waals surface area contributed by atoms with E-state index in [4.69, 9.17) is 9.47 Å². The van der Waals surface area contributed by atoms with E-state index in [0.717, 1.165) is 36.0 Å². The summed E-state index contributed by atoms with van der Waals surface area (Å²) in [6.07, 6.45) is 4.84. The molecule has 3 aromatic rings. The van der Waals surface area contributed by atoms with Crippen molar-refractivity contribution in [3.63, 3.8) is 0 Å². The molecule has 3 heterocycles. The summed E-state index contributed by atoms with van der Waals surface area (Å²) < 4.78 is 26.3. The van der Waals surface area contributed by atoms with Crippen LogP contribution in [0.2, 0.25) is 0 Å². The van der Waals surface area contributed by atoms with Gasteiger partial charge in [-0.2, -0.15) is 0 Å². The van der Waals surface area contributed by atoms with Crippen molar-refractivity contribution in [2.45, 2.75) is 6.42 Å². The summed E-state index contributed by atoms with van der Waals surface area (Å²) in [7, 11) is 2.07. The molecule has 2 aliphatic rings. The Morgan fingerprint density at radius 1 is 1.11 bits per heavy atom. The molecule has 5 nitrogen and oxygen atoms in total. The highest BCUT2D eigenvalue weighted by Crippen LogP contribution is 2.35. The van der Waals surface area contributed by atoms with E-state index in [1.807, 2.05) is 6.20 Å². The lowest BCUT2D eigenvalue weighted by Crippen LogP contribution is -2.23. The second kappa shape index (κ2) is 6.49. The minimum Gasteiger partial charge on any atom is -0.454 e. The highest BCUT2D eigenvalue weighted by atomic mass is 19.1. The van der Waals surface area contributed by atoms with Crippen LogP contribution in [0.3, 0.4) is 0 Å². The molecular weight excluding hydrogens is 359 g/mol. The zero-order chi connectivity index (χ0) is 19.3. The van der Waals surface area contributed by atoms with E-state index in [1.165, 1.54) is 12.1 Å². The molecule has 6 heteroatoms. The fourth-order valence-electron chi connectivity index (χ4n) is 3.81. The number of halogens is 1. The molecule has 0 unspecified atom stereocenters. The molecule has 2 aliphatic heterocycles. The molecule has 0 fully saturated rings. The average molecular weight is 378 g/mol. The zero-order valence-electron chi connectivity index (χ0n) is 15.4. The molecule has 142 valence electrons. The molecule has 0 N–H and O–H groups in total. The number of aromatic nitrogens is 1. The topological polar surface area (TPSA) is 43.7 Å². The zero-order valence-corrected chi connectivity index (χ0v) is 15.4. The van der Waals surface area contributed by atoms with Gasteiger partial charge < -0.3 is 14.4 Å². The summed E-state index contributed by atoms with van der Waals surface area (Å²) in [5.41, 5.74) is 3.25. The SMILES string of the molecule is CN1CC=C(c2cn(C(=O)c3ccc4c(c3)OCO4)c3ccc(F)cc23)CC1. The summed E-state index contributed by atoms with van der Waals surface area (Å²) >= 11 is 0. The maximum absolute atomic E-state index is 14.0. The molecule has 0 saturated carbocycles. The third-order valence-corrected chi connectivity index (χ3v) is 5.36. The summed E-state index contributed by atoms with van der Waals surface area (Å²) in [6.45, 7) is 1.93. The number of nitrogens with zero attached hydrogens (tertiary/aromatic N) is 2. The van der Waals surface area contributed by atoms with Crippen LogP contribution < -0.4 is 9.47 Å². The van der Waals surface area contributed by atoms with Crippen molar-refractivity contribution in [2.75, 3.05) is 26.9 Å². The highest BCUT2D eigenvalue weighted by Gasteiger charge is 2.21. The highest BCUT2D eigenvalue weighted by molar-refractivity contribution is 6.05. The van der Waals surface area contributed by atoms with Crippen molar-refractivity contribution in [3.8, 4) is 11.5 Å². The van der Waals surface area contributed by atoms with E-state index >= 15 is 0 Å². The van der Waals surface area contributed by atoms with Crippen LogP contribution in [0.25, 0.3) is 16.5 Å². The first-order chi connectivity index (χ1) is 13.6. The Morgan fingerprint density at radius 3 is 2.79 bits per heavy atom. The maximum atomic E-state index is 14.0. The number of benzene rings is 2. The van der Waals surface area contributed by atoms with Gasteiger partial charge in [0.1, 0.15) is 5.82 Å². The quantitative estimate of drug-likeness (QED) is 0.678. The third kappa shape index (κ3) is 2.77. The molecule has 0 aliphatic carbocycles. The van der Waals surface area contributed by atoms with Gasteiger partial charge in [-0.15, -0.1) is 0 Å². The minimum absolute atomic E-state index is 0.158. The Bertz CT molecular complexity index is 1130. The first-order valence-corrected chi connectivity index (χ1v) is 9.23. The fraction of sp³-hybridized carbons (Fsp3) is 0.227. The van der Waals surface area contributed by atoms with E-state index in [2.05, 4.69) is 18.0 Å². The Kier molecular flexibility index (Phi) is 3.94. The minimum atomic E-state index is -0.310. The number of carbonyl (C=O) groups excluding carboxylic acids is 1. The van der Waals surface area contributed by atoms with Gasteiger partial charge in [0.15, 0.2) is 11.5 Å². The second-order valence-electron chi connectivity index (χ2n) is 7.19. The van der Waals surface area contributed by atoms with Crippen molar-refractivity contribution in [3.05, 3.63) is 65.6 Å². The maximum Gasteiger partial charge on any atom is 0.262 e. The first kappa shape index (κ1) is 17.0. The standard InChI is InChI=1S/C22H19FN2O3/c1-24-8-6-14(7-9-24)18-12-25(19-4-3-16(23)11-17(18)19)22(26)15-2-5-20-21(10-15)28-13-27-20/h2-6,10-12H,7-9,13H2,1H3. The molecule has 0 saturated heterocycles. The lowest BCUT2D eigenvalue weighted by Gasteiger charge is -2.21. The van der Waals surface area contributed by atoms with E-state index < -0.39 is 0 Å². The van der Waals surface area contributed by atoms with Crippen LogP contribution in [0.5, 0.6) is 11.5 Å². The van der Waals surface area contributed by atoms with Crippen molar-refractivity contribution < 1.29 is 18.7 Å². The van der Waals surface area contributed by atoms with Gasteiger partial charge in [-0.25, -0.2) is 4.39 Å².